The van der Waals surface area contributed by atoms with E-state index in [0.29, 0.717) is 16.9 Å². The molecule has 1 aliphatic heterocycles. The Hall–Kier alpha value is -2.23. The zero-order chi connectivity index (χ0) is 23.2. The Morgan fingerprint density at radius 2 is 1.88 bits per heavy atom. The van der Waals surface area contributed by atoms with Crippen molar-refractivity contribution in [3.05, 3.63) is 91.9 Å². The normalized spacial score (nSPS) is 14.2. The Morgan fingerprint density at radius 3 is 2.59 bits per heavy atom. The predicted octanol–water partition coefficient (Wildman–Crippen LogP) is 5.61. The number of nitrogens with zero attached hydrogens (tertiary/aromatic N) is 1. The van der Waals surface area contributed by atoms with Crippen LogP contribution >= 0.6 is 43.5 Å². The van der Waals surface area contributed by atoms with Crippen molar-refractivity contribution in [2.45, 2.75) is 23.3 Å². The molecule has 2 aromatic carbocycles. The van der Waals surface area contributed by atoms with Gasteiger partial charge in [0.1, 0.15) is 29.0 Å². The standard InChI is InChI=1S/C22H15Br2ClF2N2O3/c1-11-6-18(32-10-13-3-4-14(26)8-16(13)27)19(25)20(30)29(11)9-12-2-5-17-15(7-12)22(23,24)21(31)28-17/h2-8H,9-10H2,1H3,(H,28,31). The monoisotopic (exact) mass is 586 g/mol. The molecule has 0 unspecified atom stereocenters. The fourth-order valence-corrected chi connectivity index (χ4v) is 4.44. The van der Waals surface area contributed by atoms with E-state index < -0.39 is 20.4 Å². The first-order valence-corrected chi connectivity index (χ1v) is 11.3. The van der Waals surface area contributed by atoms with Crippen LogP contribution in [0.15, 0.2) is 47.3 Å². The second kappa shape index (κ2) is 8.61. The highest BCUT2D eigenvalue weighted by atomic mass is 79.9. The molecular weight excluding hydrogens is 574 g/mol. The highest BCUT2D eigenvalue weighted by molar-refractivity contribution is 9.25. The summed E-state index contributed by atoms with van der Waals surface area (Å²) in [5.41, 5.74) is 2.41. The number of rotatable bonds is 5. The number of hydrogen-bond donors (Lipinski definition) is 1. The number of halogens is 5. The minimum absolute atomic E-state index is 0.109. The Kier molecular flexibility index (Phi) is 6.17. The van der Waals surface area contributed by atoms with Gasteiger partial charge in [-0.15, -0.1) is 0 Å². The summed E-state index contributed by atoms with van der Waals surface area (Å²) in [5.74, 6) is -1.56. The molecule has 0 spiro atoms. The highest BCUT2D eigenvalue weighted by Crippen LogP contribution is 2.47. The maximum atomic E-state index is 13.8. The van der Waals surface area contributed by atoms with Crippen molar-refractivity contribution in [2.24, 2.45) is 0 Å². The largest absolute Gasteiger partial charge is 0.487 e. The van der Waals surface area contributed by atoms with Crippen LogP contribution in [0.1, 0.15) is 22.4 Å². The van der Waals surface area contributed by atoms with Gasteiger partial charge in [0.25, 0.3) is 11.5 Å². The summed E-state index contributed by atoms with van der Waals surface area (Å²) in [7, 11) is 0. The molecule has 10 heteroatoms. The molecule has 0 saturated heterocycles. The topological polar surface area (TPSA) is 60.3 Å². The van der Waals surface area contributed by atoms with Crippen LogP contribution in [0.5, 0.6) is 5.75 Å². The van der Waals surface area contributed by atoms with Crippen molar-refractivity contribution < 1.29 is 18.3 Å². The number of nitrogens with one attached hydrogen (secondary N) is 1. The molecule has 1 N–H and O–H groups in total. The van der Waals surface area contributed by atoms with Crippen LogP contribution in [0, 0.1) is 18.6 Å². The van der Waals surface area contributed by atoms with E-state index in [9.17, 15) is 18.4 Å². The summed E-state index contributed by atoms with van der Waals surface area (Å²) in [4.78, 5) is 25.0. The molecular formula is C22H15Br2ClF2N2O3. The summed E-state index contributed by atoms with van der Waals surface area (Å²) in [6, 6.07) is 10.1. The van der Waals surface area contributed by atoms with E-state index in [1.165, 1.54) is 10.6 Å². The first kappa shape index (κ1) is 22.9. The fourth-order valence-electron chi connectivity index (χ4n) is 3.38. The molecule has 1 amide bonds. The summed E-state index contributed by atoms with van der Waals surface area (Å²) < 4.78 is 32.9. The summed E-state index contributed by atoms with van der Waals surface area (Å²) in [6.07, 6.45) is 0. The number of alkyl halides is 2. The van der Waals surface area contributed by atoms with Gasteiger partial charge in [0, 0.05) is 34.6 Å². The highest BCUT2D eigenvalue weighted by Gasteiger charge is 2.42. The molecule has 2 heterocycles. The lowest BCUT2D eigenvalue weighted by molar-refractivity contribution is -0.115. The van der Waals surface area contributed by atoms with E-state index in [2.05, 4.69) is 37.2 Å². The molecule has 1 aliphatic rings. The van der Waals surface area contributed by atoms with Gasteiger partial charge in [-0.3, -0.25) is 9.59 Å². The maximum absolute atomic E-state index is 13.8. The Bertz CT molecular complexity index is 1310. The Balaban J connectivity index is 1.59. The van der Waals surface area contributed by atoms with Crippen LogP contribution in [0.25, 0.3) is 0 Å². The molecule has 1 aromatic heterocycles. The van der Waals surface area contributed by atoms with Gasteiger partial charge in [-0.2, -0.15) is 0 Å². The van der Waals surface area contributed by atoms with Crippen molar-refractivity contribution >= 4 is 55.1 Å². The van der Waals surface area contributed by atoms with Crippen LogP contribution in [-0.2, 0) is 21.2 Å². The first-order chi connectivity index (χ1) is 15.1. The second-order valence-corrected chi connectivity index (χ2v) is 11.1. The van der Waals surface area contributed by atoms with Gasteiger partial charge in [0.15, 0.2) is 3.23 Å². The lowest BCUT2D eigenvalue weighted by Crippen LogP contribution is -2.24. The van der Waals surface area contributed by atoms with Gasteiger partial charge in [-0.05, 0) is 36.8 Å². The first-order valence-electron chi connectivity index (χ1n) is 9.37. The van der Waals surface area contributed by atoms with Crippen LogP contribution in [0.4, 0.5) is 14.5 Å². The predicted molar refractivity (Wildman–Crippen MR) is 125 cm³/mol. The third-order valence-corrected chi connectivity index (χ3v) is 7.03. The molecule has 0 fully saturated rings. The van der Waals surface area contributed by atoms with E-state index in [4.69, 9.17) is 16.3 Å². The van der Waals surface area contributed by atoms with Gasteiger partial charge in [-0.1, -0.05) is 49.5 Å². The lowest BCUT2D eigenvalue weighted by Gasteiger charge is -2.16. The third kappa shape index (κ3) is 4.21. The number of benzene rings is 2. The van der Waals surface area contributed by atoms with Gasteiger partial charge < -0.3 is 14.6 Å². The minimum atomic E-state index is -1.03. The number of amides is 1. The molecule has 0 radical (unpaired) electrons. The van der Waals surface area contributed by atoms with Gasteiger partial charge in [-0.25, -0.2) is 8.78 Å². The molecule has 32 heavy (non-hydrogen) atoms. The molecule has 0 atom stereocenters. The number of aryl methyl sites for hydroxylation is 1. The second-order valence-electron chi connectivity index (χ2n) is 7.29. The van der Waals surface area contributed by atoms with Crippen LogP contribution in [0.2, 0.25) is 5.02 Å². The van der Waals surface area contributed by atoms with E-state index in [0.717, 1.165) is 17.7 Å². The summed E-state index contributed by atoms with van der Waals surface area (Å²) in [5, 5.41) is 2.62. The molecule has 3 aromatic rings. The van der Waals surface area contributed by atoms with Crippen LogP contribution in [-0.4, -0.2) is 10.5 Å². The number of ether oxygens (including phenoxy) is 1. The third-order valence-electron chi connectivity index (χ3n) is 5.11. The fraction of sp³-hybridized carbons (Fsp3) is 0.182. The molecule has 4 rings (SSSR count). The number of aromatic nitrogens is 1. The average Bonchev–Trinajstić information content (AvgIpc) is 2.96. The number of hydrogen-bond acceptors (Lipinski definition) is 3. The SMILES string of the molecule is Cc1cc(OCc2ccc(F)cc2F)c(Cl)c(=O)n1Cc1ccc2c(c1)C(Br)(Br)C(=O)N2. The van der Waals surface area contributed by atoms with Gasteiger partial charge >= 0.3 is 0 Å². The van der Waals surface area contributed by atoms with E-state index >= 15 is 0 Å². The minimum Gasteiger partial charge on any atom is -0.487 e. The molecule has 5 nitrogen and oxygen atoms in total. The number of fused-ring (bicyclic) bond motifs is 1. The number of anilines is 1. The summed E-state index contributed by atoms with van der Waals surface area (Å²) in [6.45, 7) is 1.73. The molecule has 166 valence electrons. The van der Waals surface area contributed by atoms with E-state index in [1.54, 1.807) is 19.1 Å². The average molecular weight is 589 g/mol. The van der Waals surface area contributed by atoms with Gasteiger partial charge in [0.2, 0.25) is 0 Å². The molecule has 0 saturated carbocycles. The van der Waals surface area contributed by atoms with Crippen molar-refractivity contribution in [3.63, 3.8) is 0 Å². The number of carbonyl (C=O) groups is 1. The van der Waals surface area contributed by atoms with Crippen molar-refractivity contribution in [1.82, 2.24) is 4.57 Å². The van der Waals surface area contributed by atoms with E-state index in [1.807, 2.05) is 12.1 Å². The smallest absolute Gasteiger partial charge is 0.273 e. The van der Waals surface area contributed by atoms with Crippen molar-refractivity contribution in [1.29, 1.82) is 0 Å². The van der Waals surface area contributed by atoms with Crippen molar-refractivity contribution in [2.75, 3.05) is 5.32 Å². The maximum Gasteiger partial charge on any atom is 0.273 e. The zero-order valence-corrected chi connectivity index (χ0v) is 20.4. The zero-order valence-electron chi connectivity index (χ0n) is 16.5. The Labute approximate surface area is 203 Å². The molecule has 0 aliphatic carbocycles. The van der Waals surface area contributed by atoms with Crippen LogP contribution in [0.3, 0.4) is 0 Å². The van der Waals surface area contributed by atoms with Gasteiger partial charge in [0.05, 0.1) is 6.54 Å². The number of carbonyl (C=O) groups excluding carboxylic acids is 1. The van der Waals surface area contributed by atoms with Crippen molar-refractivity contribution in [3.8, 4) is 5.75 Å². The molecule has 0 bridgehead atoms. The number of pyridine rings is 1. The van der Waals surface area contributed by atoms with Crippen LogP contribution < -0.4 is 15.6 Å². The Morgan fingerprint density at radius 1 is 1.12 bits per heavy atom. The quantitative estimate of drug-likeness (QED) is 0.395. The van der Waals surface area contributed by atoms with E-state index in [-0.39, 0.29) is 35.4 Å². The summed E-state index contributed by atoms with van der Waals surface area (Å²) >= 11 is 13.0. The lowest BCUT2D eigenvalue weighted by atomic mass is 10.1.